The van der Waals surface area contributed by atoms with Gasteiger partial charge in [0.2, 0.25) is 0 Å². The van der Waals surface area contributed by atoms with Gasteiger partial charge < -0.3 is 8.83 Å². The molecule has 0 radical (unpaired) electrons. The lowest BCUT2D eigenvalue weighted by atomic mass is 9.97. The van der Waals surface area contributed by atoms with Crippen LogP contribution in [0.1, 0.15) is 0 Å². The van der Waals surface area contributed by atoms with Crippen molar-refractivity contribution < 1.29 is 8.83 Å². The lowest BCUT2D eigenvalue weighted by molar-refractivity contribution is 0.668. The van der Waals surface area contributed by atoms with E-state index in [0.29, 0.717) is 11.6 Å². The zero-order chi connectivity index (χ0) is 57.2. The van der Waals surface area contributed by atoms with Gasteiger partial charge in [-0.3, -0.25) is 0 Å². The van der Waals surface area contributed by atoms with Crippen LogP contribution in [0.2, 0.25) is 0 Å². The highest BCUT2D eigenvalue weighted by atomic mass is 16.3. The normalized spacial score (nSPS) is 11.3. The monoisotopic (exact) mass is 1100 g/mol. The van der Waals surface area contributed by atoms with Gasteiger partial charge in [-0.2, -0.15) is 0 Å². The molecule has 6 heteroatoms. The molecule has 16 aromatic rings. The maximum absolute atomic E-state index is 6.16. The largest absolute Gasteiger partial charge is 0.456 e. The van der Waals surface area contributed by atoms with Crippen molar-refractivity contribution in [1.29, 1.82) is 0 Å². The van der Waals surface area contributed by atoms with Crippen molar-refractivity contribution in [2.24, 2.45) is 0 Å². The molecular weight excluding hydrogens is 1050 g/mol. The fraction of sp³-hybridized carbons (Fsp3) is 0. The minimum atomic E-state index is 0.702. The van der Waals surface area contributed by atoms with Gasteiger partial charge >= 0.3 is 0 Å². The molecule has 0 aliphatic carbocycles. The fourth-order valence-corrected chi connectivity index (χ4v) is 11.4. The lowest BCUT2D eigenvalue weighted by Gasteiger charge is -2.11. The maximum atomic E-state index is 6.16. The lowest BCUT2D eigenvalue weighted by Crippen LogP contribution is -1.96. The van der Waals surface area contributed by atoms with Crippen LogP contribution >= 0.6 is 0 Å². The highest BCUT2D eigenvalue weighted by Gasteiger charge is 2.16. The molecule has 0 fully saturated rings. The summed E-state index contributed by atoms with van der Waals surface area (Å²) in [5, 5.41) is 4.55. The number of benzene rings is 12. The van der Waals surface area contributed by atoms with E-state index in [9.17, 15) is 0 Å². The van der Waals surface area contributed by atoms with E-state index in [0.717, 1.165) is 139 Å². The molecule has 0 bridgehead atoms. The van der Waals surface area contributed by atoms with Crippen LogP contribution in [0.3, 0.4) is 0 Å². The SMILES string of the molecule is c1ccc(-c2cc(-c3ccccc3)nc(-c3ccc(-c4cccc(-c5ccc6oc7ccccc7c6c5)c4)cc3)n2)cc1.c1ccc(-c2cc(-c3ccccc3)nc(-c3cccc(-c4cccc(-c5ccc6c(c5)oc5ccccc56)c4)c3)n2)cc1. The van der Waals surface area contributed by atoms with Crippen molar-refractivity contribution in [3.63, 3.8) is 0 Å². The van der Waals surface area contributed by atoms with E-state index >= 15 is 0 Å². The Balaban J connectivity index is 0.000000145. The van der Waals surface area contributed by atoms with E-state index in [4.69, 9.17) is 28.8 Å². The van der Waals surface area contributed by atoms with E-state index in [1.807, 2.05) is 103 Å². The molecule has 0 atom stereocenters. The molecule has 0 aliphatic heterocycles. The Kier molecular flexibility index (Phi) is 13.5. The minimum absolute atomic E-state index is 0.702. The second-order valence-corrected chi connectivity index (χ2v) is 21.3. The van der Waals surface area contributed by atoms with Crippen LogP contribution in [-0.4, -0.2) is 19.9 Å². The van der Waals surface area contributed by atoms with Crippen LogP contribution in [-0.2, 0) is 0 Å². The molecule has 0 aliphatic rings. The number of hydrogen-bond acceptors (Lipinski definition) is 6. The molecule has 404 valence electrons. The van der Waals surface area contributed by atoms with Gasteiger partial charge in [0, 0.05) is 54.9 Å². The standard InChI is InChI=1S/2C40H26N2O/c1-3-11-27(12-4-1)36-26-37(28-13-5-2-6-14-28)42-40(41-36)33-18-10-17-31(24-33)29-15-9-16-30(23-29)32-21-22-35-34-19-7-8-20-38(34)43-39(35)25-32;1-3-10-28(11-4-1)36-26-37(29-12-5-2-6-13-29)42-40(41-36)30-20-18-27(19-21-30)31-14-9-15-32(24-31)33-22-23-39-35(25-33)34-16-7-8-17-38(34)43-39/h2*1-26H. The Morgan fingerprint density at radius 2 is 0.465 bits per heavy atom. The maximum Gasteiger partial charge on any atom is 0.160 e. The van der Waals surface area contributed by atoms with Gasteiger partial charge in [0.1, 0.15) is 22.3 Å². The highest BCUT2D eigenvalue weighted by Crippen LogP contribution is 2.38. The molecule has 0 amide bonds. The first-order valence-corrected chi connectivity index (χ1v) is 28.8. The van der Waals surface area contributed by atoms with Gasteiger partial charge in [-0.25, -0.2) is 19.9 Å². The first-order valence-electron chi connectivity index (χ1n) is 28.8. The van der Waals surface area contributed by atoms with Crippen molar-refractivity contribution in [3.8, 4) is 112 Å². The average molecular weight is 1100 g/mol. The number of aromatic nitrogens is 4. The second kappa shape index (κ2) is 22.6. The molecule has 6 nitrogen and oxygen atoms in total. The van der Waals surface area contributed by atoms with Crippen molar-refractivity contribution in [2.75, 3.05) is 0 Å². The third-order valence-corrected chi connectivity index (χ3v) is 15.8. The molecule has 12 aromatic carbocycles. The van der Waals surface area contributed by atoms with E-state index in [2.05, 4.69) is 212 Å². The summed E-state index contributed by atoms with van der Waals surface area (Å²) in [6.07, 6.45) is 0. The Hall–Kier alpha value is -11.6. The van der Waals surface area contributed by atoms with Crippen LogP contribution in [0.15, 0.2) is 324 Å². The van der Waals surface area contributed by atoms with Crippen LogP contribution in [0.25, 0.3) is 156 Å². The summed E-state index contributed by atoms with van der Waals surface area (Å²) in [5.74, 6) is 1.41. The number of nitrogens with zero attached hydrogens (tertiary/aromatic N) is 4. The number of furan rings is 2. The highest BCUT2D eigenvalue weighted by molar-refractivity contribution is 6.07. The Bertz CT molecular complexity index is 4980. The predicted octanol–water partition coefficient (Wildman–Crippen LogP) is 21.4. The van der Waals surface area contributed by atoms with Crippen molar-refractivity contribution in [2.45, 2.75) is 0 Å². The van der Waals surface area contributed by atoms with Gasteiger partial charge in [0.05, 0.1) is 22.8 Å². The molecule has 4 heterocycles. The molecule has 4 aromatic heterocycles. The summed E-state index contributed by atoms with van der Waals surface area (Å²) in [6.45, 7) is 0. The van der Waals surface area contributed by atoms with Crippen LogP contribution < -0.4 is 0 Å². The summed E-state index contributed by atoms with van der Waals surface area (Å²) < 4.78 is 12.2. The zero-order valence-electron chi connectivity index (χ0n) is 46.6. The fourth-order valence-electron chi connectivity index (χ4n) is 11.4. The quantitative estimate of drug-likeness (QED) is 0.136. The van der Waals surface area contributed by atoms with Gasteiger partial charge in [0.15, 0.2) is 11.6 Å². The third-order valence-electron chi connectivity index (χ3n) is 15.8. The van der Waals surface area contributed by atoms with Gasteiger partial charge in [0.25, 0.3) is 0 Å². The first-order chi connectivity index (χ1) is 42.6. The summed E-state index contributed by atoms with van der Waals surface area (Å²) in [7, 11) is 0. The average Bonchev–Trinajstić information content (AvgIpc) is 4.24. The number of fused-ring (bicyclic) bond motifs is 6. The smallest absolute Gasteiger partial charge is 0.160 e. The number of rotatable bonds is 10. The van der Waals surface area contributed by atoms with E-state index < -0.39 is 0 Å². The Morgan fingerprint density at radius 1 is 0.163 bits per heavy atom. The molecule has 0 N–H and O–H groups in total. The molecular formula is C80H52N4O2. The molecule has 0 saturated carbocycles. The molecule has 0 unspecified atom stereocenters. The van der Waals surface area contributed by atoms with E-state index in [-0.39, 0.29) is 0 Å². The molecule has 0 spiro atoms. The van der Waals surface area contributed by atoms with Gasteiger partial charge in [-0.1, -0.05) is 249 Å². The van der Waals surface area contributed by atoms with E-state index in [1.165, 1.54) is 5.56 Å². The number of hydrogen-bond donors (Lipinski definition) is 0. The predicted molar refractivity (Wildman–Crippen MR) is 353 cm³/mol. The summed E-state index contributed by atoms with van der Waals surface area (Å²) in [4.78, 5) is 20.0. The minimum Gasteiger partial charge on any atom is -0.456 e. The Labute approximate surface area is 497 Å². The van der Waals surface area contributed by atoms with Gasteiger partial charge in [-0.05, 0) is 111 Å². The molecule has 0 saturated heterocycles. The number of para-hydroxylation sites is 2. The first kappa shape index (κ1) is 51.3. The van der Waals surface area contributed by atoms with Crippen LogP contribution in [0, 0.1) is 0 Å². The van der Waals surface area contributed by atoms with Crippen molar-refractivity contribution in [3.05, 3.63) is 315 Å². The zero-order valence-corrected chi connectivity index (χ0v) is 46.6. The summed E-state index contributed by atoms with van der Waals surface area (Å²) in [6, 6.07) is 109. The molecule has 86 heavy (non-hydrogen) atoms. The van der Waals surface area contributed by atoms with E-state index in [1.54, 1.807) is 0 Å². The van der Waals surface area contributed by atoms with Crippen LogP contribution in [0.5, 0.6) is 0 Å². The Morgan fingerprint density at radius 3 is 0.953 bits per heavy atom. The summed E-state index contributed by atoms with van der Waals surface area (Å²) in [5.41, 5.74) is 22.6. The third kappa shape index (κ3) is 10.4. The van der Waals surface area contributed by atoms with Gasteiger partial charge in [-0.15, -0.1) is 0 Å². The van der Waals surface area contributed by atoms with Crippen molar-refractivity contribution in [1.82, 2.24) is 19.9 Å². The molecule has 16 rings (SSSR count). The van der Waals surface area contributed by atoms with Crippen molar-refractivity contribution >= 4 is 43.9 Å². The van der Waals surface area contributed by atoms with Crippen LogP contribution in [0.4, 0.5) is 0 Å². The topological polar surface area (TPSA) is 77.8 Å². The summed E-state index contributed by atoms with van der Waals surface area (Å²) >= 11 is 0. The second-order valence-electron chi connectivity index (χ2n) is 21.3.